The van der Waals surface area contributed by atoms with E-state index in [-0.39, 0.29) is 17.2 Å². The minimum Gasteiger partial charge on any atom is -0.339 e. The highest BCUT2D eigenvalue weighted by Gasteiger charge is 2.32. The Hall–Kier alpha value is -1.88. The number of amides is 2. The summed E-state index contributed by atoms with van der Waals surface area (Å²) in [5.41, 5.74) is 6.52. The van der Waals surface area contributed by atoms with Crippen molar-refractivity contribution in [1.82, 2.24) is 9.80 Å². The van der Waals surface area contributed by atoms with Crippen molar-refractivity contribution < 1.29 is 9.59 Å². The lowest BCUT2D eigenvalue weighted by molar-refractivity contribution is -0.134. The van der Waals surface area contributed by atoms with E-state index >= 15 is 0 Å². The van der Waals surface area contributed by atoms with Gasteiger partial charge in [-0.15, -0.1) is 0 Å². The van der Waals surface area contributed by atoms with E-state index in [0.29, 0.717) is 31.7 Å². The molecule has 1 aromatic carbocycles. The number of benzene rings is 1. The van der Waals surface area contributed by atoms with Gasteiger partial charge in [-0.2, -0.15) is 0 Å². The fourth-order valence-corrected chi connectivity index (χ4v) is 2.67. The monoisotopic (exact) mass is 317 g/mol. The van der Waals surface area contributed by atoms with Crippen molar-refractivity contribution in [1.29, 1.82) is 0 Å². The zero-order valence-electron chi connectivity index (χ0n) is 14.3. The molecule has 5 heteroatoms. The third-order valence-electron chi connectivity index (χ3n) is 4.31. The van der Waals surface area contributed by atoms with E-state index in [4.69, 9.17) is 5.73 Å². The first kappa shape index (κ1) is 17.5. The van der Waals surface area contributed by atoms with Crippen LogP contribution in [0.1, 0.15) is 37.6 Å². The molecule has 2 N–H and O–H groups in total. The summed E-state index contributed by atoms with van der Waals surface area (Å²) in [6.07, 6.45) is 0.779. The second-order valence-electron chi connectivity index (χ2n) is 7.18. The molecule has 0 bridgehead atoms. The summed E-state index contributed by atoms with van der Waals surface area (Å²) in [5.74, 6) is 0.00605. The summed E-state index contributed by atoms with van der Waals surface area (Å²) in [6.45, 7) is 8.33. The Balaban J connectivity index is 2.00. The van der Waals surface area contributed by atoms with Gasteiger partial charge >= 0.3 is 0 Å². The Bertz CT molecular complexity index is 551. The summed E-state index contributed by atoms with van der Waals surface area (Å²) < 4.78 is 0. The summed E-state index contributed by atoms with van der Waals surface area (Å²) in [4.78, 5) is 28.7. The highest BCUT2D eigenvalue weighted by Crippen LogP contribution is 2.20. The van der Waals surface area contributed by atoms with Crippen LogP contribution in [0, 0.1) is 5.41 Å². The molecule has 1 aromatic rings. The highest BCUT2D eigenvalue weighted by molar-refractivity contribution is 5.94. The van der Waals surface area contributed by atoms with Gasteiger partial charge in [-0.25, -0.2) is 0 Å². The number of nitrogens with two attached hydrogens (primary N) is 1. The van der Waals surface area contributed by atoms with Crippen LogP contribution >= 0.6 is 0 Å². The summed E-state index contributed by atoms with van der Waals surface area (Å²) in [6, 6.07) is 8.76. The second-order valence-corrected chi connectivity index (χ2v) is 7.18. The average Bonchev–Trinajstić information content (AvgIpc) is 2.78. The molecule has 0 radical (unpaired) electrons. The van der Waals surface area contributed by atoms with Crippen molar-refractivity contribution in [3.05, 3.63) is 35.9 Å². The molecule has 1 aliphatic rings. The number of carbonyl (C=O) groups excluding carboxylic acids is 2. The number of hydrogen-bond donors (Lipinski definition) is 1. The molecule has 1 saturated heterocycles. The standard InChI is InChI=1S/C18H27N3O2/c1-18(2,3)15(19)17(23)21-11-7-10-20(12-13-21)16(22)14-8-5-4-6-9-14/h4-6,8-9,15H,7,10-13,19H2,1-3H3/t15-/m1/s1. The minimum absolute atomic E-state index is 0.0217. The molecule has 2 amide bonds. The van der Waals surface area contributed by atoms with Crippen molar-refractivity contribution in [2.24, 2.45) is 11.1 Å². The van der Waals surface area contributed by atoms with Gasteiger partial charge < -0.3 is 15.5 Å². The van der Waals surface area contributed by atoms with Gasteiger partial charge in [0.2, 0.25) is 5.91 Å². The van der Waals surface area contributed by atoms with Crippen molar-refractivity contribution in [2.45, 2.75) is 33.2 Å². The Labute approximate surface area is 138 Å². The van der Waals surface area contributed by atoms with Gasteiger partial charge in [0.1, 0.15) is 0 Å². The maximum Gasteiger partial charge on any atom is 0.253 e. The zero-order chi connectivity index (χ0) is 17.0. The fraction of sp³-hybridized carbons (Fsp3) is 0.556. The van der Waals surface area contributed by atoms with E-state index < -0.39 is 6.04 Å². The van der Waals surface area contributed by atoms with Crippen LogP contribution in [0.2, 0.25) is 0 Å². The van der Waals surface area contributed by atoms with Crippen LogP contribution in [0.3, 0.4) is 0 Å². The van der Waals surface area contributed by atoms with Crippen LogP contribution < -0.4 is 5.73 Å². The third-order valence-corrected chi connectivity index (χ3v) is 4.31. The number of hydrogen-bond acceptors (Lipinski definition) is 3. The van der Waals surface area contributed by atoms with E-state index in [1.165, 1.54) is 0 Å². The first-order chi connectivity index (χ1) is 10.8. The molecule has 0 spiro atoms. The van der Waals surface area contributed by atoms with E-state index in [1.807, 2.05) is 56.0 Å². The van der Waals surface area contributed by atoms with Gasteiger partial charge in [0, 0.05) is 31.7 Å². The predicted octanol–water partition coefficient (Wildman–Crippen LogP) is 1.73. The van der Waals surface area contributed by atoms with Crippen LogP contribution in [0.4, 0.5) is 0 Å². The summed E-state index contributed by atoms with van der Waals surface area (Å²) >= 11 is 0. The molecule has 1 fully saturated rings. The maximum absolute atomic E-state index is 12.5. The van der Waals surface area contributed by atoms with Crippen molar-refractivity contribution in [3.63, 3.8) is 0 Å². The van der Waals surface area contributed by atoms with Gasteiger partial charge in [0.15, 0.2) is 0 Å². The van der Waals surface area contributed by atoms with Crippen LogP contribution in [-0.4, -0.2) is 53.8 Å². The second kappa shape index (κ2) is 7.13. The molecule has 0 saturated carbocycles. The molecule has 0 unspecified atom stereocenters. The Morgan fingerprint density at radius 2 is 1.57 bits per heavy atom. The minimum atomic E-state index is -0.515. The maximum atomic E-state index is 12.5. The molecule has 0 aliphatic carbocycles. The SMILES string of the molecule is CC(C)(C)[C@H](N)C(=O)N1CCCN(C(=O)c2ccccc2)CC1. The Morgan fingerprint density at radius 3 is 2.17 bits per heavy atom. The van der Waals surface area contributed by atoms with Crippen LogP contribution in [-0.2, 0) is 4.79 Å². The van der Waals surface area contributed by atoms with E-state index in [2.05, 4.69) is 0 Å². The molecule has 5 nitrogen and oxygen atoms in total. The van der Waals surface area contributed by atoms with Crippen molar-refractivity contribution >= 4 is 11.8 Å². The van der Waals surface area contributed by atoms with Gasteiger partial charge in [0.25, 0.3) is 5.91 Å². The molecule has 0 aromatic heterocycles. The lowest BCUT2D eigenvalue weighted by Crippen LogP contribution is -2.51. The summed E-state index contributed by atoms with van der Waals surface area (Å²) in [7, 11) is 0. The van der Waals surface area contributed by atoms with E-state index in [1.54, 1.807) is 4.90 Å². The molecular formula is C18H27N3O2. The van der Waals surface area contributed by atoms with E-state index in [9.17, 15) is 9.59 Å². The van der Waals surface area contributed by atoms with Gasteiger partial charge in [-0.1, -0.05) is 39.0 Å². The Kier molecular flexibility index (Phi) is 5.42. The molecule has 1 heterocycles. The first-order valence-corrected chi connectivity index (χ1v) is 8.19. The fourth-order valence-electron chi connectivity index (χ4n) is 2.67. The number of rotatable bonds is 2. The third kappa shape index (κ3) is 4.32. The summed E-state index contributed by atoms with van der Waals surface area (Å²) in [5, 5.41) is 0. The topological polar surface area (TPSA) is 66.6 Å². The van der Waals surface area contributed by atoms with Crippen LogP contribution in [0.5, 0.6) is 0 Å². The molecule has 1 aliphatic heterocycles. The van der Waals surface area contributed by atoms with Gasteiger partial charge in [-0.3, -0.25) is 9.59 Å². The van der Waals surface area contributed by atoms with Crippen LogP contribution in [0.15, 0.2) is 30.3 Å². The highest BCUT2D eigenvalue weighted by atomic mass is 16.2. The zero-order valence-corrected chi connectivity index (χ0v) is 14.3. The largest absolute Gasteiger partial charge is 0.339 e. The van der Waals surface area contributed by atoms with E-state index in [0.717, 1.165) is 6.42 Å². The normalized spacial score (nSPS) is 17.6. The number of nitrogens with zero attached hydrogens (tertiary/aromatic N) is 2. The molecule has 23 heavy (non-hydrogen) atoms. The number of carbonyl (C=O) groups is 2. The van der Waals surface area contributed by atoms with Gasteiger partial charge in [-0.05, 0) is 24.0 Å². The quantitative estimate of drug-likeness (QED) is 0.903. The van der Waals surface area contributed by atoms with Gasteiger partial charge in [0.05, 0.1) is 6.04 Å². The lowest BCUT2D eigenvalue weighted by Gasteiger charge is -2.31. The van der Waals surface area contributed by atoms with Crippen molar-refractivity contribution in [3.8, 4) is 0 Å². The smallest absolute Gasteiger partial charge is 0.253 e. The molecule has 1 atom stereocenters. The molecule has 126 valence electrons. The van der Waals surface area contributed by atoms with Crippen LogP contribution in [0.25, 0.3) is 0 Å². The predicted molar refractivity (Wildman–Crippen MR) is 91.0 cm³/mol. The lowest BCUT2D eigenvalue weighted by atomic mass is 9.86. The first-order valence-electron chi connectivity index (χ1n) is 8.19. The molecule has 2 rings (SSSR count). The Morgan fingerprint density at radius 1 is 1.00 bits per heavy atom. The molecular weight excluding hydrogens is 290 g/mol. The van der Waals surface area contributed by atoms with Crippen molar-refractivity contribution in [2.75, 3.05) is 26.2 Å². The average molecular weight is 317 g/mol.